The van der Waals surface area contributed by atoms with E-state index in [2.05, 4.69) is 5.32 Å². The number of esters is 2. The number of aromatic hydroxyl groups is 1. The van der Waals surface area contributed by atoms with E-state index in [9.17, 15) is 19.5 Å². The predicted octanol–water partition coefficient (Wildman–Crippen LogP) is 2.97. The molecule has 172 valence electrons. The number of ketones is 1. The van der Waals surface area contributed by atoms with Crippen molar-refractivity contribution in [3.8, 4) is 11.5 Å². The summed E-state index contributed by atoms with van der Waals surface area (Å²) < 4.78 is 15.4. The summed E-state index contributed by atoms with van der Waals surface area (Å²) in [6.07, 6.45) is 1.09. The molecule has 1 aliphatic carbocycles. The van der Waals surface area contributed by atoms with Crippen LogP contribution in [0.4, 0.5) is 0 Å². The number of hydrogen-bond acceptors (Lipinski definition) is 8. The summed E-state index contributed by atoms with van der Waals surface area (Å²) in [5.74, 6) is -3.45. The van der Waals surface area contributed by atoms with Crippen molar-refractivity contribution in [2.75, 3.05) is 20.8 Å². The van der Waals surface area contributed by atoms with Crippen LogP contribution in [0.2, 0.25) is 0 Å². The molecule has 3 rings (SSSR count). The molecule has 1 aromatic carbocycles. The van der Waals surface area contributed by atoms with Crippen LogP contribution in [0.5, 0.6) is 11.5 Å². The summed E-state index contributed by atoms with van der Waals surface area (Å²) in [6.45, 7) is 5.70. The van der Waals surface area contributed by atoms with E-state index >= 15 is 0 Å². The number of phenols is 1. The van der Waals surface area contributed by atoms with E-state index in [1.54, 1.807) is 19.1 Å². The molecule has 0 spiro atoms. The molecule has 0 saturated carbocycles. The Labute approximate surface area is 187 Å². The van der Waals surface area contributed by atoms with E-state index in [4.69, 9.17) is 14.2 Å². The lowest BCUT2D eigenvalue weighted by atomic mass is 9.69. The van der Waals surface area contributed by atoms with E-state index in [0.29, 0.717) is 35.4 Å². The Kier molecular flexibility index (Phi) is 6.91. The maximum absolute atomic E-state index is 13.6. The van der Waals surface area contributed by atoms with Crippen LogP contribution in [0, 0.1) is 11.8 Å². The smallest absolute Gasteiger partial charge is 0.336 e. The fourth-order valence-electron chi connectivity index (χ4n) is 4.44. The van der Waals surface area contributed by atoms with Crippen molar-refractivity contribution in [2.24, 2.45) is 11.8 Å². The predicted molar refractivity (Wildman–Crippen MR) is 116 cm³/mol. The van der Waals surface area contributed by atoms with Gasteiger partial charge in [0.05, 0.1) is 26.4 Å². The van der Waals surface area contributed by atoms with Crippen LogP contribution in [-0.2, 0) is 23.9 Å². The molecule has 0 amide bonds. The number of rotatable bonds is 6. The first-order chi connectivity index (χ1) is 15.2. The van der Waals surface area contributed by atoms with Crippen LogP contribution >= 0.6 is 0 Å². The first kappa shape index (κ1) is 23.4. The number of allylic oxidation sites excluding steroid dienone is 3. The number of methoxy groups -OCH3 is 2. The molecule has 0 aromatic heterocycles. The van der Waals surface area contributed by atoms with Gasteiger partial charge in [-0.05, 0) is 43.4 Å². The normalized spacial score (nSPS) is 22.8. The summed E-state index contributed by atoms with van der Waals surface area (Å²) in [6, 6.07) is 4.74. The van der Waals surface area contributed by atoms with Gasteiger partial charge >= 0.3 is 11.9 Å². The number of dihydropyridines is 1. The fourth-order valence-corrected chi connectivity index (χ4v) is 4.44. The third-order valence-electron chi connectivity index (χ3n) is 5.94. The molecule has 0 unspecified atom stereocenters. The van der Waals surface area contributed by atoms with Crippen molar-refractivity contribution >= 4 is 17.7 Å². The third-order valence-corrected chi connectivity index (χ3v) is 5.94. The monoisotopic (exact) mass is 443 g/mol. The zero-order valence-electron chi connectivity index (χ0n) is 19.0. The maximum atomic E-state index is 13.6. The Hall–Kier alpha value is -3.29. The van der Waals surface area contributed by atoms with Gasteiger partial charge in [0.15, 0.2) is 17.3 Å². The number of benzene rings is 1. The van der Waals surface area contributed by atoms with Gasteiger partial charge < -0.3 is 24.6 Å². The standard InChI is InChI=1S/C24H29NO7/c1-6-9-32-24(29)19-13(3)25-15-10-12(2)18(23(28)31-5)22(27)21(15)20(19)14-7-8-17(30-4)16(26)11-14/h7-8,11-12,18,20,25-26H,6,9-10H2,1-5H3/t12-,18-,20+/m1/s1. The first-order valence-electron chi connectivity index (χ1n) is 10.6. The van der Waals surface area contributed by atoms with E-state index in [1.807, 2.05) is 13.8 Å². The molecule has 1 aromatic rings. The summed E-state index contributed by atoms with van der Waals surface area (Å²) in [5, 5.41) is 13.6. The number of ether oxygens (including phenoxy) is 3. The molecule has 0 radical (unpaired) electrons. The van der Waals surface area contributed by atoms with Crippen molar-refractivity contribution in [1.82, 2.24) is 5.32 Å². The van der Waals surface area contributed by atoms with E-state index in [1.165, 1.54) is 20.3 Å². The topological polar surface area (TPSA) is 111 Å². The van der Waals surface area contributed by atoms with E-state index in [0.717, 1.165) is 0 Å². The van der Waals surface area contributed by atoms with Crippen LogP contribution in [0.3, 0.4) is 0 Å². The molecule has 1 heterocycles. The minimum absolute atomic E-state index is 0.120. The van der Waals surface area contributed by atoms with Crippen molar-refractivity contribution < 1.29 is 33.7 Å². The van der Waals surface area contributed by atoms with Gasteiger partial charge in [0, 0.05) is 22.9 Å². The number of carbonyl (C=O) groups is 3. The molecule has 2 aliphatic rings. The van der Waals surface area contributed by atoms with Gasteiger partial charge in [0.25, 0.3) is 0 Å². The van der Waals surface area contributed by atoms with Gasteiger partial charge in [-0.15, -0.1) is 0 Å². The highest BCUT2D eigenvalue weighted by molar-refractivity contribution is 6.12. The van der Waals surface area contributed by atoms with Gasteiger partial charge in [-0.3, -0.25) is 9.59 Å². The fraction of sp³-hybridized carbons (Fsp3) is 0.458. The highest BCUT2D eigenvalue weighted by Gasteiger charge is 2.47. The first-order valence-corrected chi connectivity index (χ1v) is 10.6. The molecule has 8 nitrogen and oxygen atoms in total. The molecule has 0 fully saturated rings. The molecule has 2 N–H and O–H groups in total. The summed E-state index contributed by atoms with van der Waals surface area (Å²) in [4.78, 5) is 39.1. The van der Waals surface area contributed by atoms with Gasteiger partial charge in [0.2, 0.25) is 0 Å². The van der Waals surface area contributed by atoms with Crippen LogP contribution in [0.15, 0.2) is 40.7 Å². The minimum atomic E-state index is -0.971. The molecule has 0 bridgehead atoms. The maximum Gasteiger partial charge on any atom is 0.336 e. The molecule has 1 aliphatic heterocycles. The molecular formula is C24H29NO7. The van der Waals surface area contributed by atoms with E-state index in [-0.39, 0.29) is 29.6 Å². The Morgan fingerprint density at radius 1 is 1.25 bits per heavy atom. The lowest BCUT2D eigenvalue weighted by Crippen LogP contribution is -2.43. The Morgan fingerprint density at radius 3 is 2.56 bits per heavy atom. The van der Waals surface area contributed by atoms with Crippen LogP contribution < -0.4 is 10.1 Å². The average Bonchev–Trinajstić information content (AvgIpc) is 2.76. The minimum Gasteiger partial charge on any atom is -0.504 e. The average molecular weight is 443 g/mol. The van der Waals surface area contributed by atoms with Crippen molar-refractivity contribution in [3.63, 3.8) is 0 Å². The van der Waals surface area contributed by atoms with Crippen molar-refractivity contribution in [1.29, 1.82) is 0 Å². The molecule has 3 atom stereocenters. The Morgan fingerprint density at radius 2 is 1.97 bits per heavy atom. The van der Waals surface area contributed by atoms with Crippen molar-refractivity contribution in [2.45, 2.75) is 39.5 Å². The van der Waals surface area contributed by atoms with Gasteiger partial charge in [0.1, 0.15) is 5.92 Å². The lowest BCUT2D eigenvalue weighted by Gasteiger charge is -2.38. The van der Waals surface area contributed by atoms with Crippen LogP contribution in [0.1, 0.15) is 45.1 Å². The zero-order valence-corrected chi connectivity index (χ0v) is 19.0. The second-order valence-corrected chi connectivity index (χ2v) is 8.10. The number of Topliss-reactive ketones (excluding diaryl/α,β-unsaturated/α-hetero) is 1. The van der Waals surface area contributed by atoms with Crippen LogP contribution in [-0.4, -0.2) is 43.7 Å². The van der Waals surface area contributed by atoms with Gasteiger partial charge in [-0.25, -0.2) is 4.79 Å². The van der Waals surface area contributed by atoms with Crippen molar-refractivity contribution in [3.05, 3.63) is 46.3 Å². The summed E-state index contributed by atoms with van der Waals surface area (Å²) in [7, 11) is 2.69. The number of phenolic OH excluding ortho intramolecular Hbond substituents is 1. The largest absolute Gasteiger partial charge is 0.504 e. The lowest BCUT2D eigenvalue weighted by molar-refractivity contribution is -0.151. The molecule has 8 heteroatoms. The summed E-state index contributed by atoms with van der Waals surface area (Å²) >= 11 is 0. The SMILES string of the molecule is CCCOC(=O)C1=C(C)NC2=C(C(=O)[C@H](C(=O)OC)[C@H](C)C2)[C@H]1c1ccc(OC)c(O)c1. The molecule has 32 heavy (non-hydrogen) atoms. The number of hydrogen-bond donors (Lipinski definition) is 2. The molecule has 0 saturated heterocycles. The third kappa shape index (κ3) is 4.09. The molecular weight excluding hydrogens is 414 g/mol. The number of nitrogens with one attached hydrogen (secondary N) is 1. The highest BCUT2D eigenvalue weighted by atomic mass is 16.5. The Bertz CT molecular complexity index is 1010. The summed E-state index contributed by atoms with van der Waals surface area (Å²) in [5.41, 5.74) is 2.34. The van der Waals surface area contributed by atoms with E-state index < -0.39 is 29.6 Å². The van der Waals surface area contributed by atoms with Crippen LogP contribution in [0.25, 0.3) is 0 Å². The van der Waals surface area contributed by atoms with Gasteiger partial charge in [-0.2, -0.15) is 0 Å². The quantitative estimate of drug-likeness (QED) is 0.510. The Balaban J connectivity index is 2.18. The zero-order chi connectivity index (χ0) is 23.6. The number of carbonyl (C=O) groups excluding carboxylic acids is 3. The second-order valence-electron chi connectivity index (χ2n) is 8.10. The highest BCUT2D eigenvalue weighted by Crippen LogP contribution is 2.46. The second kappa shape index (κ2) is 9.46. The van der Waals surface area contributed by atoms with Gasteiger partial charge in [-0.1, -0.05) is 19.9 Å².